The quantitative estimate of drug-likeness (QED) is 0.577. The Labute approximate surface area is 226 Å². The molecule has 2 saturated carbocycles. The van der Waals surface area contributed by atoms with Crippen molar-refractivity contribution in [2.45, 2.75) is 120 Å². The first-order valence-corrected chi connectivity index (χ1v) is 15.8. The molecule has 5 nitrogen and oxygen atoms in total. The van der Waals surface area contributed by atoms with Crippen molar-refractivity contribution in [2.75, 3.05) is 13.1 Å². The predicted octanol–water partition coefficient (Wildman–Crippen LogP) is 5.35. The number of nitrogens with zero attached hydrogens (tertiary/aromatic N) is 2. The number of phenolic OH excluding ortho intramolecular Hbond substituents is 1. The van der Waals surface area contributed by atoms with Crippen LogP contribution in [-0.2, 0) is 37.6 Å². The van der Waals surface area contributed by atoms with Crippen LogP contribution in [-0.4, -0.2) is 44.4 Å². The fourth-order valence-corrected chi connectivity index (χ4v) is 10.2. The van der Waals surface area contributed by atoms with Crippen LogP contribution in [0.2, 0.25) is 0 Å². The normalized spacial score (nSPS) is 35.4. The summed E-state index contributed by atoms with van der Waals surface area (Å²) in [5.41, 5.74) is 7.04. The third-order valence-corrected chi connectivity index (χ3v) is 12.1. The zero-order valence-electron chi connectivity index (χ0n) is 22.7. The van der Waals surface area contributed by atoms with E-state index in [2.05, 4.69) is 15.5 Å². The Hall–Kier alpha value is -1.98. The number of ether oxygens (including phenoxy) is 1. The first kappa shape index (κ1) is 22.8. The van der Waals surface area contributed by atoms with Gasteiger partial charge in [0.1, 0.15) is 0 Å². The molecule has 1 spiro atoms. The largest absolute Gasteiger partial charge is 0.504 e. The second kappa shape index (κ2) is 7.81. The van der Waals surface area contributed by atoms with Gasteiger partial charge in [-0.2, -0.15) is 0 Å². The predicted molar refractivity (Wildman–Crippen MR) is 146 cm³/mol. The molecule has 5 aliphatic carbocycles. The summed E-state index contributed by atoms with van der Waals surface area (Å²) in [6, 6.07) is 4.11. The van der Waals surface area contributed by atoms with E-state index >= 15 is 0 Å². The van der Waals surface area contributed by atoms with Gasteiger partial charge in [-0.1, -0.05) is 25.3 Å². The van der Waals surface area contributed by atoms with Gasteiger partial charge in [-0.3, -0.25) is 4.90 Å². The Kier molecular flexibility index (Phi) is 4.69. The number of piperidine rings is 1. The third-order valence-electron chi connectivity index (χ3n) is 12.1. The first-order chi connectivity index (χ1) is 18.6. The van der Waals surface area contributed by atoms with Gasteiger partial charge in [-0.05, 0) is 105 Å². The minimum absolute atomic E-state index is 0.125. The molecule has 9 rings (SSSR count). The van der Waals surface area contributed by atoms with Crippen molar-refractivity contribution in [2.24, 2.45) is 11.8 Å². The molecule has 1 aromatic carbocycles. The van der Waals surface area contributed by atoms with Crippen LogP contribution in [0.4, 0.5) is 0 Å². The monoisotopic (exact) mass is 514 g/mol. The number of rotatable bonds is 4. The molecule has 0 unspecified atom stereocenters. The number of likely N-dealkylation sites (tertiary alicyclic amines) is 1. The summed E-state index contributed by atoms with van der Waals surface area (Å²) < 4.78 is 9.71. The molecule has 2 N–H and O–H groups in total. The fraction of sp³-hybridized carbons (Fsp3) is 0.697. The van der Waals surface area contributed by atoms with E-state index in [-0.39, 0.29) is 17.9 Å². The number of fused-ring (bicyclic) bond motifs is 4. The molecule has 2 bridgehead atoms. The summed E-state index contributed by atoms with van der Waals surface area (Å²) in [5.74, 6) is 2.49. The summed E-state index contributed by atoms with van der Waals surface area (Å²) in [4.78, 5) is 2.66. The van der Waals surface area contributed by atoms with Gasteiger partial charge in [-0.15, -0.1) is 0 Å². The maximum absolute atomic E-state index is 13.2. The maximum Gasteiger partial charge on any atom is 0.166 e. The lowest BCUT2D eigenvalue weighted by molar-refractivity contribution is -0.174. The van der Waals surface area contributed by atoms with E-state index in [1.807, 2.05) is 6.07 Å². The van der Waals surface area contributed by atoms with Gasteiger partial charge < -0.3 is 19.5 Å². The van der Waals surface area contributed by atoms with E-state index in [1.165, 1.54) is 74.6 Å². The van der Waals surface area contributed by atoms with E-state index < -0.39 is 11.0 Å². The Morgan fingerprint density at radius 1 is 0.921 bits per heavy atom. The lowest BCUT2D eigenvalue weighted by atomic mass is 9.49. The second-order valence-electron chi connectivity index (χ2n) is 14.0. The van der Waals surface area contributed by atoms with Crippen LogP contribution in [0.1, 0.15) is 104 Å². The molecular formula is C33H42N2O3. The number of aliphatic hydroxyl groups is 1. The zero-order chi connectivity index (χ0) is 25.2. The molecule has 5 heteroatoms. The fourth-order valence-electron chi connectivity index (χ4n) is 10.2. The topological polar surface area (TPSA) is 57.9 Å². The molecule has 7 aliphatic rings. The van der Waals surface area contributed by atoms with Crippen LogP contribution < -0.4 is 4.74 Å². The standard InChI is InChI=1S/C33H42N2O3/c36-26-13-12-22-16-27-33(37)17-24-23-8-4-5-9-25(23)35(19-20-6-2-1-3-7-20)29(24)31-32(33,28(22)30(26)38-31)14-15-34(27)18-21-10-11-21/h12-13,20-21,27,31,36-37H,1-11,14-19H2/t27-,31-,32-,33+/m0/s1. The SMILES string of the molecule is Oc1ccc2c3c1O[C@H]1c4c(c5c(n4CC4CCCCC4)CCCC5)C[C@@]4(O)[C@H](C2)N(CC2CC2)CC[C@]314. The van der Waals surface area contributed by atoms with Gasteiger partial charge in [0, 0.05) is 36.8 Å². The number of aromatic hydroxyl groups is 1. The Bertz CT molecular complexity index is 1320. The van der Waals surface area contributed by atoms with Gasteiger partial charge >= 0.3 is 0 Å². The van der Waals surface area contributed by atoms with E-state index in [9.17, 15) is 10.2 Å². The molecule has 1 aromatic heterocycles. The van der Waals surface area contributed by atoms with Crippen molar-refractivity contribution >= 4 is 0 Å². The van der Waals surface area contributed by atoms with Crippen molar-refractivity contribution in [1.82, 2.24) is 9.47 Å². The van der Waals surface area contributed by atoms with Crippen LogP contribution in [0.3, 0.4) is 0 Å². The number of hydrogen-bond acceptors (Lipinski definition) is 4. The molecule has 2 aromatic rings. The summed E-state index contributed by atoms with van der Waals surface area (Å²) >= 11 is 0. The average molecular weight is 515 g/mol. The molecule has 0 radical (unpaired) electrons. The van der Waals surface area contributed by atoms with E-state index in [1.54, 1.807) is 11.3 Å². The molecule has 4 atom stereocenters. The van der Waals surface area contributed by atoms with E-state index in [4.69, 9.17) is 4.74 Å². The summed E-state index contributed by atoms with van der Waals surface area (Å²) in [7, 11) is 0. The molecule has 202 valence electrons. The van der Waals surface area contributed by atoms with Crippen molar-refractivity contribution in [3.05, 3.63) is 45.8 Å². The minimum atomic E-state index is -0.855. The van der Waals surface area contributed by atoms with E-state index in [0.29, 0.717) is 5.75 Å². The van der Waals surface area contributed by atoms with Crippen molar-refractivity contribution < 1.29 is 14.9 Å². The molecule has 38 heavy (non-hydrogen) atoms. The summed E-state index contributed by atoms with van der Waals surface area (Å²) in [6.07, 6.45) is 16.6. The highest BCUT2D eigenvalue weighted by atomic mass is 16.5. The lowest BCUT2D eigenvalue weighted by Crippen LogP contribution is -2.74. The summed E-state index contributed by atoms with van der Waals surface area (Å²) in [5, 5.41) is 24.3. The van der Waals surface area contributed by atoms with Crippen LogP contribution in [0.15, 0.2) is 12.1 Å². The van der Waals surface area contributed by atoms with Gasteiger partial charge in [-0.25, -0.2) is 0 Å². The van der Waals surface area contributed by atoms with Crippen molar-refractivity contribution in [3.8, 4) is 11.5 Å². The number of hydrogen-bond donors (Lipinski definition) is 2. The molecule has 2 aliphatic heterocycles. The highest BCUT2D eigenvalue weighted by Gasteiger charge is 2.73. The highest BCUT2D eigenvalue weighted by Crippen LogP contribution is 2.69. The van der Waals surface area contributed by atoms with E-state index in [0.717, 1.165) is 69.1 Å². The molecule has 3 fully saturated rings. The Morgan fingerprint density at radius 2 is 1.74 bits per heavy atom. The molecule has 3 heterocycles. The first-order valence-electron chi connectivity index (χ1n) is 15.8. The van der Waals surface area contributed by atoms with Gasteiger partial charge in [0.25, 0.3) is 0 Å². The number of phenols is 1. The van der Waals surface area contributed by atoms with Gasteiger partial charge in [0.15, 0.2) is 17.6 Å². The Balaban J connectivity index is 1.26. The third kappa shape index (κ3) is 2.80. The smallest absolute Gasteiger partial charge is 0.166 e. The van der Waals surface area contributed by atoms with Gasteiger partial charge in [0.2, 0.25) is 0 Å². The number of benzene rings is 1. The minimum Gasteiger partial charge on any atom is -0.504 e. The van der Waals surface area contributed by atoms with Crippen LogP contribution in [0, 0.1) is 11.8 Å². The van der Waals surface area contributed by atoms with Crippen molar-refractivity contribution in [1.29, 1.82) is 0 Å². The molecule has 0 amide bonds. The summed E-state index contributed by atoms with van der Waals surface area (Å²) in [6.45, 7) is 3.26. The zero-order valence-corrected chi connectivity index (χ0v) is 22.7. The van der Waals surface area contributed by atoms with Crippen LogP contribution in [0.5, 0.6) is 11.5 Å². The van der Waals surface area contributed by atoms with Gasteiger partial charge in [0.05, 0.1) is 16.7 Å². The van der Waals surface area contributed by atoms with Crippen LogP contribution in [0.25, 0.3) is 0 Å². The molecule has 1 saturated heterocycles. The number of aromatic nitrogens is 1. The molecular weight excluding hydrogens is 472 g/mol. The van der Waals surface area contributed by atoms with Crippen molar-refractivity contribution in [3.63, 3.8) is 0 Å². The second-order valence-corrected chi connectivity index (χ2v) is 14.0. The average Bonchev–Trinajstić information content (AvgIpc) is 3.61. The maximum atomic E-state index is 13.2. The Morgan fingerprint density at radius 3 is 2.58 bits per heavy atom. The van der Waals surface area contributed by atoms with Crippen LogP contribution >= 0.6 is 0 Å². The lowest BCUT2D eigenvalue weighted by Gasteiger charge is -2.63. The highest BCUT2D eigenvalue weighted by molar-refractivity contribution is 5.65.